The highest BCUT2D eigenvalue weighted by atomic mass is 28.4. The maximum absolute atomic E-state index is 10.7. The predicted octanol–water partition coefficient (Wildman–Crippen LogP) is 15.6. The first-order valence-corrected chi connectivity index (χ1v) is 55.1. The second-order valence-electron chi connectivity index (χ2n) is 42.9. The van der Waals surface area contributed by atoms with Crippen molar-refractivity contribution in [1.82, 2.24) is 0 Å². The molecule has 8 aromatic carbocycles. The number of benzene rings is 8. The fraction of sp³-hybridized carbons (Fsp3) is 0.509. The van der Waals surface area contributed by atoms with Crippen molar-refractivity contribution in [2.45, 2.75) is 304 Å². The maximum atomic E-state index is 10.7. The van der Waals surface area contributed by atoms with Crippen molar-refractivity contribution in [3.63, 3.8) is 0 Å². The summed E-state index contributed by atoms with van der Waals surface area (Å²) in [5.74, 6) is -2.21. The van der Waals surface area contributed by atoms with Gasteiger partial charge in [0, 0.05) is 53.7 Å². The molecule has 7 fully saturated rings. The summed E-state index contributed by atoms with van der Waals surface area (Å²) in [6.07, 6.45) is -2.94. The Balaban J connectivity index is 0.000000162. The minimum atomic E-state index is -2.82. The van der Waals surface area contributed by atoms with Crippen molar-refractivity contribution in [2.24, 2.45) is 0 Å². The molecule has 0 saturated carbocycles. The molecule has 25 heteroatoms. The Labute approximate surface area is 810 Å². The normalized spacial score (nSPS) is 28.2. The molecule has 7 aliphatic heterocycles. The summed E-state index contributed by atoms with van der Waals surface area (Å²) in [5.41, 5.74) is -1.61. The number of rotatable bonds is 31. The monoisotopic (exact) mass is 1910 g/mol. The summed E-state index contributed by atoms with van der Waals surface area (Å²) >= 11 is 0. The lowest BCUT2D eigenvalue weighted by molar-refractivity contribution is -0.251. The summed E-state index contributed by atoms with van der Waals surface area (Å²) in [7, 11) is 1.60. The van der Waals surface area contributed by atoms with E-state index >= 15 is 0 Å². The van der Waals surface area contributed by atoms with Gasteiger partial charge in [-0.05, 0) is 124 Å². The van der Waals surface area contributed by atoms with Crippen LogP contribution in [-0.2, 0) is 84.0 Å². The summed E-state index contributed by atoms with van der Waals surface area (Å²) in [5, 5.41) is 30.2. The fourth-order valence-corrected chi connectivity index (χ4v) is 40.4. The summed E-state index contributed by atoms with van der Waals surface area (Å²) in [6.45, 7) is 57.5. The molecule has 7 aliphatic rings. The van der Waals surface area contributed by atoms with Gasteiger partial charge in [0.2, 0.25) is 0 Å². The van der Waals surface area contributed by atoms with Gasteiger partial charge in [0.1, 0.15) is 79.1 Å². The number of methoxy groups -OCH3 is 4. The molecule has 1 unspecified atom stereocenters. The molecule has 0 aliphatic carbocycles. The molecule has 0 amide bonds. The summed E-state index contributed by atoms with van der Waals surface area (Å²) in [6, 6.07) is 83.4. The van der Waals surface area contributed by atoms with Gasteiger partial charge in [-0.1, -0.05) is 343 Å². The van der Waals surface area contributed by atoms with Crippen LogP contribution < -0.4 is 41.5 Å². The van der Waals surface area contributed by atoms with Crippen LogP contribution in [0.25, 0.3) is 0 Å². The van der Waals surface area contributed by atoms with E-state index in [9.17, 15) is 10.2 Å². The van der Waals surface area contributed by atoms with E-state index in [0.717, 1.165) is 11.1 Å². The molecule has 17 atom stereocenters. The van der Waals surface area contributed by atoms with E-state index in [0.29, 0.717) is 25.9 Å². The van der Waals surface area contributed by atoms with Crippen LogP contribution in [0.15, 0.2) is 280 Å². The molecule has 0 aromatic heterocycles. The van der Waals surface area contributed by atoms with Crippen LogP contribution in [0.4, 0.5) is 0 Å². The zero-order valence-corrected chi connectivity index (χ0v) is 88.6. The SMILES string of the molecule is C=C(C)C[C@]1(CO[Si](c2ccccc2)(c2ccccc2)C(C)(C)C)O[C@@H]2OC(C)(C)O[C@@H]2[C@@H]1OC.C=C[C@]1(CO[Si](c2ccccc2)(c2ccccc2)C(C)(C)C)O[C@@H]2OC(C)(C)O[C@@H]2[C@@H]1OC.CO[C@H]1[C@H]2OC(C)(C)O[C@H]2O[C@@]1(CO[Si](c1ccccc1)(c1ccccc1)C(C)(C)C)CC(C)O.[B][C@@H]1O[C@@](CO[Si](c2ccccc2)(c2ccccc2)C(C)(C)C)(CC(=C)C)[C@@H](OC)[C@H]1O. The number of fused-ring (bicyclic) bond motifs is 3. The Morgan fingerprint density at radius 3 is 0.830 bits per heavy atom. The predicted molar refractivity (Wildman–Crippen MR) is 545 cm³/mol. The third kappa shape index (κ3) is 21.9. The average Bonchev–Trinajstić information content (AvgIpc) is 1.62. The van der Waals surface area contributed by atoms with Gasteiger partial charge in [0.15, 0.2) is 36.2 Å². The molecule has 730 valence electrons. The van der Waals surface area contributed by atoms with Crippen LogP contribution >= 0.6 is 0 Å². The van der Waals surface area contributed by atoms with Gasteiger partial charge in [0.05, 0.1) is 32.5 Å². The number of hydrogen-bond donors (Lipinski definition) is 2. The highest BCUT2D eigenvalue weighted by molar-refractivity contribution is 7.01. The van der Waals surface area contributed by atoms with E-state index in [2.05, 4.69) is 309 Å². The van der Waals surface area contributed by atoms with E-state index in [-0.39, 0.29) is 58.3 Å². The van der Waals surface area contributed by atoms with Crippen LogP contribution in [0.3, 0.4) is 0 Å². The first-order chi connectivity index (χ1) is 63.5. The lowest BCUT2D eigenvalue weighted by atomic mass is 9.86. The van der Waals surface area contributed by atoms with Gasteiger partial charge in [-0.15, -0.1) is 19.7 Å². The van der Waals surface area contributed by atoms with Gasteiger partial charge in [-0.2, -0.15) is 0 Å². The number of ether oxygens (including phenoxy) is 14. The van der Waals surface area contributed by atoms with Crippen LogP contribution in [0.5, 0.6) is 0 Å². The van der Waals surface area contributed by atoms with Gasteiger partial charge >= 0.3 is 0 Å². The van der Waals surface area contributed by atoms with Gasteiger partial charge in [0.25, 0.3) is 33.3 Å². The Bertz CT molecular complexity index is 4960. The minimum absolute atomic E-state index is 0.147. The lowest BCUT2D eigenvalue weighted by Gasteiger charge is -2.46. The van der Waals surface area contributed by atoms with Crippen molar-refractivity contribution in [3.05, 3.63) is 280 Å². The third-order valence-electron chi connectivity index (χ3n) is 27.2. The van der Waals surface area contributed by atoms with E-state index in [1.807, 2.05) is 91.8 Å². The quantitative estimate of drug-likeness (QED) is 0.0306. The number of aliphatic hydroxyl groups is 2. The van der Waals surface area contributed by atoms with Crippen LogP contribution in [0.2, 0.25) is 20.2 Å². The van der Waals surface area contributed by atoms with Crippen LogP contribution in [0, 0.1) is 0 Å². The third-order valence-corrected chi connectivity index (χ3v) is 47.2. The van der Waals surface area contributed by atoms with Gasteiger partial charge in [-0.3, -0.25) is 0 Å². The Morgan fingerprint density at radius 1 is 0.356 bits per heavy atom. The van der Waals surface area contributed by atoms with Crippen LogP contribution in [-0.4, -0.2) is 226 Å². The van der Waals surface area contributed by atoms with E-state index in [4.69, 9.17) is 91.9 Å². The minimum Gasteiger partial charge on any atom is -0.404 e. The Morgan fingerprint density at radius 2 is 0.585 bits per heavy atom. The highest BCUT2D eigenvalue weighted by Crippen LogP contribution is 2.52. The van der Waals surface area contributed by atoms with E-state index in [1.165, 1.54) is 41.5 Å². The summed E-state index contributed by atoms with van der Waals surface area (Å²) < 4.78 is 115. The molecular weight excluding hydrogens is 1760 g/mol. The van der Waals surface area contributed by atoms with Crippen molar-refractivity contribution in [3.8, 4) is 0 Å². The zero-order valence-electron chi connectivity index (χ0n) is 84.6. The molecule has 8 aromatic rings. The highest BCUT2D eigenvalue weighted by Gasteiger charge is 2.68. The molecule has 135 heavy (non-hydrogen) atoms. The average molecular weight is 1920 g/mol. The largest absolute Gasteiger partial charge is 0.404 e. The van der Waals surface area contributed by atoms with E-state index < -0.39 is 135 Å². The first kappa shape index (κ1) is 107. The molecule has 20 nitrogen and oxygen atoms in total. The number of hydrogen-bond acceptors (Lipinski definition) is 20. The zero-order chi connectivity index (χ0) is 98.4. The molecule has 2 radical (unpaired) electrons. The molecule has 0 bridgehead atoms. The lowest BCUT2D eigenvalue weighted by Crippen LogP contribution is -2.68. The van der Waals surface area contributed by atoms with Crippen molar-refractivity contribution < 1.29 is 94.2 Å². The second-order valence-corrected chi connectivity index (χ2v) is 60.2. The second kappa shape index (κ2) is 42.5. The molecule has 15 rings (SSSR count). The maximum Gasteiger partial charge on any atom is 0.261 e. The van der Waals surface area contributed by atoms with Crippen LogP contribution in [0.1, 0.15) is 165 Å². The first-order valence-electron chi connectivity index (χ1n) is 47.5. The molecule has 0 spiro atoms. The smallest absolute Gasteiger partial charge is 0.261 e. The fourth-order valence-electron chi connectivity index (χ4n) is 22.0. The molecule has 7 saturated heterocycles. The standard InChI is InChI=1S/C29H40O5Si.C28H40O6Si.C27H36O5Si.C26H35BO4Si/c1-21(2)19-29(25(30-8)24-26(34-29)33-28(6,7)32-24)20-31-35(27(3,4)5,22-15-11-9-12-16-22)23-17-13-10-14-18-23;1-20(29)18-28(24(30-7)23-25(34-28)33-27(5,6)32-23)19-31-35(26(2,3)4,21-14-10-8-11-15-21)22-16-12-9-13-17-22;1-8-27(23(28-7)22-24(32-27)31-26(5,6)30-22)19-29-33(25(2,3)4,20-15-11-9-12-16-20)21-17-13-10-14-18-21;1-19(2)17-26(23(29-6)22(28)24(27)31-26)18-30-32(25(3,4)5,20-13-9-7-10-14-20)21-15-11-8-12-16-21/h9-18,24-26H,1,19-20H2,2-8H3;8-17,20,23-25,29H,18-19H2,1-7H3;8-18,22-24H,1,19H2,2-7H3;7-16,22-24,28H,1,17-18H2,2-6H3/t24-,25+,26+,29-;20?,23-,24+,25+,28-;22-,23+,24+,27-;22-,23+,24-,26-/m1111/s1. The van der Waals surface area contributed by atoms with Gasteiger partial charge < -0.3 is 94.2 Å². The molecule has 7 heterocycles. The Hall–Kier alpha value is -6.89. The summed E-state index contributed by atoms with van der Waals surface area (Å²) in [4.78, 5) is 0. The Kier molecular flexibility index (Phi) is 33.7. The van der Waals surface area contributed by atoms with E-state index in [1.54, 1.807) is 41.4 Å². The van der Waals surface area contributed by atoms with Crippen molar-refractivity contribution in [1.29, 1.82) is 0 Å². The number of aliphatic hydroxyl groups excluding tert-OH is 2. The molecular formula is C110H151BO20Si4. The molecule has 2 N–H and O–H groups in total. The van der Waals surface area contributed by atoms with Crippen molar-refractivity contribution in [2.75, 3.05) is 54.9 Å². The van der Waals surface area contributed by atoms with Crippen molar-refractivity contribution >= 4 is 82.6 Å². The van der Waals surface area contributed by atoms with Gasteiger partial charge in [-0.25, -0.2) is 0 Å². The topological polar surface area (TPSA) is 207 Å².